The number of guanidine groups is 1. The van der Waals surface area contributed by atoms with Gasteiger partial charge in [-0.1, -0.05) is 35.8 Å². The molecule has 1 aromatic carbocycles. The number of benzene rings is 1. The van der Waals surface area contributed by atoms with Crippen LogP contribution in [0.1, 0.15) is 19.8 Å². The van der Waals surface area contributed by atoms with Crippen molar-refractivity contribution in [2.24, 2.45) is 10.9 Å². The van der Waals surface area contributed by atoms with Gasteiger partial charge in [0.1, 0.15) is 5.52 Å². The molecular weight excluding hydrogens is 428 g/mol. The Morgan fingerprint density at radius 1 is 1.22 bits per heavy atom. The first-order valence-corrected chi connectivity index (χ1v) is 11.9. The molecule has 0 spiro atoms. The number of fused-ring (bicyclic) bond motifs is 2. The molecular formula is C22H27N6O3S+. The second kappa shape index (κ2) is 8.23. The van der Waals surface area contributed by atoms with Crippen LogP contribution < -0.4 is 0 Å². The number of amidine groups is 1. The second-order valence-electron chi connectivity index (χ2n) is 8.59. The minimum Gasteiger partial charge on any atom is -0.431 e. The Bertz CT molecular complexity index is 1110. The summed E-state index contributed by atoms with van der Waals surface area (Å²) >= 11 is 1.52. The summed E-state index contributed by atoms with van der Waals surface area (Å²) in [6.45, 7) is 4.63. The normalized spacial score (nSPS) is 26.2. The maximum atomic E-state index is 13.1. The number of amides is 3. The molecule has 10 heteroatoms. The summed E-state index contributed by atoms with van der Waals surface area (Å²) in [6.07, 6.45) is 2.28. The molecule has 0 N–H and O–H groups in total. The van der Waals surface area contributed by atoms with E-state index in [1.807, 2.05) is 29.2 Å². The number of likely N-dealkylation sites (N-methyl/N-ethyl adjacent to an activating group) is 2. The van der Waals surface area contributed by atoms with Gasteiger partial charge in [-0.05, 0) is 30.9 Å². The van der Waals surface area contributed by atoms with E-state index in [0.29, 0.717) is 29.3 Å². The largest absolute Gasteiger partial charge is 0.431 e. The zero-order chi connectivity index (χ0) is 22.4. The highest BCUT2D eigenvalue weighted by atomic mass is 32.2. The molecule has 0 bridgehead atoms. The SMILES string of the molecule is CC1CCC[N+](=C2N=C3C(C(=O)N(C)C(=O)N3C)N2CCSc2nc3ccccc3o2)C1. The molecule has 168 valence electrons. The fourth-order valence-electron chi connectivity index (χ4n) is 4.58. The summed E-state index contributed by atoms with van der Waals surface area (Å²) < 4.78 is 8.08. The molecule has 2 fully saturated rings. The molecule has 2 atom stereocenters. The van der Waals surface area contributed by atoms with Gasteiger partial charge in [0.15, 0.2) is 5.58 Å². The smallest absolute Gasteiger partial charge is 0.392 e. The average Bonchev–Trinajstić information content (AvgIpc) is 3.38. The molecule has 3 amide bonds. The van der Waals surface area contributed by atoms with E-state index in [0.717, 1.165) is 36.6 Å². The Balaban J connectivity index is 1.41. The monoisotopic (exact) mass is 455 g/mol. The van der Waals surface area contributed by atoms with Crippen LogP contribution in [0, 0.1) is 5.92 Å². The van der Waals surface area contributed by atoms with E-state index in [9.17, 15) is 9.59 Å². The molecule has 2 aromatic rings. The first kappa shape index (κ1) is 21.0. The summed E-state index contributed by atoms with van der Waals surface area (Å²) in [5, 5.41) is 0.610. The number of oxazole rings is 1. The van der Waals surface area contributed by atoms with E-state index in [1.165, 1.54) is 35.0 Å². The number of hydrogen-bond donors (Lipinski definition) is 0. The summed E-state index contributed by atoms with van der Waals surface area (Å²) in [4.78, 5) is 39.7. The number of para-hydroxylation sites is 2. The maximum absolute atomic E-state index is 13.1. The number of carbonyl (C=O) groups excluding carboxylic acids is 2. The van der Waals surface area contributed by atoms with Crippen molar-refractivity contribution in [1.82, 2.24) is 19.7 Å². The van der Waals surface area contributed by atoms with Gasteiger partial charge in [-0.25, -0.2) is 14.7 Å². The van der Waals surface area contributed by atoms with Gasteiger partial charge >= 0.3 is 12.0 Å². The van der Waals surface area contributed by atoms with Crippen LogP contribution >= 0.6 is 11.8 Å². The lowest BCUT2D eigenvalue weighted by Gasteiger charge is -2.33. The van der Waals surface area contributed by atoms with Gasteiger partial charge in [-0.15, -0.1) is 0 Å². The fraction of sp³-hybridized carbons (Fsp3) is 0.500. The van der Waals surface area contributed by atoms with Crippen LogP contribution in [-0.2, 0) is 4.79 Å². The zero-order valence-electron chi connectivity index (χ0n) is 18.5. The van der Waals surface area contributed by atoms with E-state index < -0.39 is 6.04 Å². The predicted molar refractivity (Wildman–Crippen MR) is 122 cm³/mol. The lowest BCUT2D eigenvalue weighted by Crippen LogP contribution is -2.63. The fourth-order valence-corrected chi connectivity index (χ4v) is 5.36. The van der Waals surface area contributed by atoms with Crippen molar-refractivity contribution in [3.8, 4) is 0 Å². The van der Waals surface area contributed by atoms with Gasteiger partial charge in [-0.2, -0.15) is 0 Å². The summed E-state index contributed by atoms with van der Waals surface area (Å²) in [7, 11) is 3.22. The first-order valence-electron chi connectivity index (χ1n) is 10.9. The lowest BCUT2D eigenvalue weighted by molar-refractivity contribution is -0.550. The third kappa shape index (κ3) is 3.56. The molecule has 32 heavy (non-hydrogen) atoms. The second-order valence-corrected chi connectivity index (χ2v) is 9.64. The van der Waals surface area contributed by atoms with Gasteiger partial charge in [0.25, 0.3) is 11.1 Å². The highest BCUT2D eigenvalue weighted by Crippen LogP contribution is 2.27. The Morgan fingerprint density at radius 2 is 2.03 bits per heavy atom. The van der Waals surface area contributed by atoms with Crippen molar-refractivity contribution in [1.29, 1.82) is 0 Å². The standard InChI is InChI=1S/C22H27N6O3S/c1-14-7-6-10-27(13-14)20-24-18-17(19(29)26(3)22(30)25(18)2)28(20)11-12-32-21-23-15-8-4-5-9-16(15)31-21/h4-5,8-9,14,17H,6-7,10-13H2,1-3H3/q+1. The number of aromatic nitrogens is 1. The highest BCUT2D eigenvalue weighted by molar-refractivity contribution is 7.99. The molecule has 3 aliphatic heterocycles. The van der Waals surface area contributed by atoms with Gasteiger partial charge in [-0.3, -0.25) is 19.2 Å². The van der Waals surface area contributed by atoms with Gasteiger partial charge in [0.05, 0.1) is 19.6 Å². The molecule has 9 nitrogen and oxygen atoms in total. The van der Waals surface area contributed by atoms with Crippen molar-refractivity contribution in [2.45, 2.75) is 31.0 Å². The first-order chi connectivity index (χ1) is 15.4. The van der Waals surface area contributed by atoms with Crippen LogP contribution in [0.25, 0.3) is 11.1 Å². The van der Waals surface area contributed by atoms with Crippen molar-refractivity contribution < 1.29 is 18.6 Å². The van der Waals surface area contributed by atoms with Crippen molar-refractivity contribution in [2.75, 3.05) is 39.5 Å². The molecule has 3 aliphatic rings. The number of rotatable bonds is 4. The number of urea groups is 1. The number of imide groups is 1. The van der Waals surface area contributed by atoms with E-state index in [-0.39, 0.29) is 11.9 Å². The molecule has 0 radical (unpaired) electrons. The highest BCUT2D eigenvalue weighted by Gasteiger charge is 2.55. The van der Waals surface area contributed by atoms with Gasteiger partial charge < -0.3 is 4.42 Å². The molecule has 1 aromatic heterocycles. The van der Waals surface area contributed by atoms with Crippen LogP contribution in [0.2, 0.25) is 0 Å². The minimum atomic E-state index is -0.584. The number of piperidine rings is 1. The van der Waals surface area contributed by atoms with Gasteiger partial charge in [0.2, 0.25) is 11.9 Å². The van der Waals surface area contributed by atoms with E-state index in [4.69, 9.17) is 9.41 Å². The van der Waals surface area contributed by atoms with Crippen molar-refractivity contribution in [3.63, 3.8) is 0 Å². The number of nitrogens with zero attached hydrogens (tertiary/aromatic N) is 6. The summed E-state index contributed by atoms with van der Waals surface area (Å²) in [6, 6.07) is 6.76. The molecule has 5 rings (SSSR count). The Labute approximate surface area is 190 Å². The lowest BCUT2D eigenvalue weighted by atomic mass is 10.0. The Hall–Kier alpha value is -2.88. The maximum Gasteiger partial charge on any atom is 0.392 e. The molecule has 2 saturated heterocycles. The van der Waals surface area contributed by atoms with Gasteiger partial charge in [0, 0.05) is 19.8 Å². The summed E-state index contributed by atoms with van der Waals surface area (Å²) in [5.74, 6) is 2.30. The van der Waals surface area contributed by atoms with E-state index in [2.05, 4.69) is 16.5 Å². The van der Waals surface area contributed by atoms with Crippen LogP contribution in [0.3, 0.4) is 0 Å². The topological polar surface area (TPSA) is 85.3 Å². The van der Waals surface area contributed by atoms with Crippen LogP contribution in [0.5, 0.6) is 0 Å². The zero-order valence-corrected chi connectivity index (χ0v) is 19.3. The van der Waals surface area contributed by atoms with E-state index in [1.54, 1.807) is 7.05 Å². The van der Waals surface area contributed by atoms with Crippen LogP contribution in [-0.4, -0.2) is 93.5 Å². The summed E-state index contributed by atoms with van der Waals surface area (Å²) in [5.41, 5.74) is 1.60. The predicted octanol–water partition coefficient (Wildman–Crippen LogP) is 2.32. The van der Waals surface area contributed by atoms with Crippen LogP contribution in [0.15, 0.2) is 38.9 Å². The third-order valence-corrected chi connectivity index (χ3v) is 7.09. The number of thioether (sulfide) groups is 1. The Kier molecular flexibility index (Phi) is 5.40. The van der Waals surface area contributed by atoms with Crippen molar-refractivity contribution >= 4 is 46.6 Å². The molecule has 0 aliphatic carbocycles. The van der Waals surface area contributed by atoms with Crippen molar-refractivity contribution in [3.05, 3.63) is 24.3 Å². The average molecular weight is 456 g/mol. The van der Waals surface area contributed by atoms with Crippen LogP contribution in [0.4, 0.5) is 4.79 Å². The number of aliphatic imine (C=N–C) groups is 1. The molecule has 2 unspecified atom stereocenters. The quantitative estimate of drug-likeness (QED) is 0.520. The third-order valence-electron chi connectivity index (χ3n) is 6.28. The Morgan fingerprint density at radius 3 is 2.81 bits per heavy atom. The molecule has 4 heterocycles. The number of hydrogen-bond acceptors (Lipinski definition) is 5. The minimum absolute atomic E-state index is 0.237. The number of carbonyl (C=O) groups is 2. The van der Waals surface area contributed by atoms with E-state index >= 15 is 0 Å². The molecule has 0 saturated carbocycles.